The molecule has 0 radical (unpaired) electrons. The van der Waals surface area contributed by atoms with Crippen LogP contribution in [0.25, 0.3) is 10.8 Å². The molecule has 0 aromatic heterocycles. The fourth-order valence-electron chi connectivity index (χ4n) is 4.00. The van der Waals surface area contributed by atoms with E-state index in [1.807, 2.05) is 24.3 Å². The van der Waals surface area contributed by atoms with Crippen molar-refractivity contribution in [3.63, 3.8) is 0 Å². The second kappa shape index (κ2) is 13.2. The Bertz CT molecular complexity index is 1670. The average Bonchev–Trinajstić information content (AvgIpc) is 2.92. The maximum absolute atomic E-state index is 11.9. The second-order valence-corrected chi connectivity index (χ2v) is 9.80. The summed E-state index contributed by atoms with van der Waals surface area (Å²) in [5.74, 6) is -0.266. The van der Waals surface area contributed by atoms with Crippen LogP contribution in [0.3, 0.4) is 0 Å². The third kappa shape index (κ3) is 6.95. The van der Waals surface area contributed by atoms with Gasteiger partial charge in [-0.2, -0.15) is 10.2 Å². The number of benzene rings is 4. The van der Waals surface area contributed by atoms with Gasteiger partial charge in [-0.25, -0.2) is 8.42 Å². The molecule has 4 aromatic carbocycles. The second-order valence-electron chi connectivity index (χ2n) is 8.45. The molecule has 0 saturated heterocycles. The number of aromatic hydroxyl groups is 1. The fourth-order valence-corrected chi connectivity index (χ4v) is 4.64. The van der Waals surface area contributed by atoms with Crippen molar-refractivity contribution in [1.29, 1.82) is 0 Å². The summed E-state index contributed by atoms with van der Waals surface area (Å²) in [6, 6.07) is 18.1. The van der Waals surface area contributed by atoms with Crippen molar-refractivity contribution in [1.82, 2.24) is 0 Å². The Morgan fingerprint density at radius 2 is 1.55 bits per heavy atom. The van der Waals surface area contributed by atoms with Gasteiger partial charge in [0, 0.05) is 35.9 Å². The number of anilines is 2. The Morgan fingerprint density at radius 3 is 2.17 bits per heavy atom. The van der Waals surface area contributed by atoms with Gasteiger partial charge in [-0.1, -0.05) is 6.07 Å². The molecule has 0 amide bonds. The summed E-state index contributed by atoms with van der Waals surface area (Å²) in [5, 5.41) is 27.7. The number of rotatable bonds is 9. The molecule has 0 aliphatic rings. The molecule has 3 N–H and O–H groups in total. The Hall–Kier alpha value is -3.55. The zero-order chi connectivity index (χ0) is 28.2. The van der Waals surface area contributed by atoms with E-state index in [2.05, 4.69) is 39.2 Å². The number of hydrogen-bond donors (Lipinski definition) is 2. The predicted molar refractivity (Wildman–Crippen MR) is 149 cm³/mol. The molecule has 0 unspecified atom stereocenters. The van der Waals surface area contributed by atoms with Crippen molar-refractivity contribution < 1.29 is 52.4 Å². The molecule has 11 nitrogen and oxygen atoms in total. The van der Waals surface area contributed by atoms with Gasteiger partial charge in [0.15, 0.2) is 5.75 Å². The van der Waals surface area contributed by atoms with Crippen molar-refractivity contribution >= 4 is 55.0 Å². The molecular weight excluding hydrogens is 543 g/mol. The Labute approximate surface area is 254 Å². The molecule has 4 rings (SSSR count). The van der Waals surface area contributed by atoms with Crippen molar-refractivity contribution in [2.75, 3.05) is 30.8 Å². The van der Waals surface area contributed by atoms with Gasteiger partial charge in [-0.15, -0.1) is 10.2 Å². The minimum absolute atomic E-state index is 0. The van der Waals surface area contributed by atoms with E-state index >= 15 is 0 Å². The van der Waals surface area contributed by atoms with E-state index in [4.69, 9.17) is 10.5 Å². The molecule has 0 fully saturated rings. The quantitative estimate of drug-likeness (QED) is 0.134. The normalized spacial score (nSPS) is 11.7. The first-order valence-corrected chi connectivity index (χ1v) is 13.4. The Kier molecular flexibility index (Phi) is 10.2. The van der Waals surface area contributed by atoms with Crippen molar-refractivity contribution in [2.24, 2.45) is 20.5 Å². The summed E-state index contributed by atoms with van der Waals surface area (Å²) < 4.78 is 41.2. The maximum atomic E-state index is 11.9. The van der Waals surface area contributed by atoms with Crippen molar-refractivity contribution in [2.45, 2.75) is 18.7 Å². The molecule has 0 spiro atoms. The van der Waals surface area contributed by atoms with E-state index in [0.29, 0.717) is 22.4 Å². The average molecular weight is 571 g/mol. The number of methoxy groups -OCH3 is 1. The molecule has 40 heavy (non-hydrogen) atoms. The van der Waals surface area contributed by atoms with E-state index in [-0.39, 0.29) is 46.4 Å². The zero-order valence-electron chi connectivity index (χ0n) is 22.6. The largest absolute Gasteiger partial charge is 1.00 e. The van der Waals surface area contributed by atoms with Crippen LogP contribution in [0.15, 0.2) is 92.1 Å². The van der Waals surface area contributed by atoms with E-state index in [0.717, 1.165) is 24.8 Å². The van der Waals surface area contributed by atoms with Gasteiger partial charge in [-0.05, 0) is 73.8 Å². The van der Waals surface area contributed by atoms with Gasteiger partial charge in [0.2, 0.25) is 0 Å². The summed E-state index contributed by atoms with van der Waals surface area (Å²) in [5.41, 5.74) is 8.10. The zero-order valence-corrected chi connectivity index (χ0v) is 25.4. The predicted octanol–water partition coefficient (Wildman–Crippen LogP) is 3.72. The van der Waals surface area contributed by atoms with Crippen LogP contribution in [-0.2, 0) is 10.1 Å². The van der Waals surface area contributed by atoms with Crippen LogP contribution in [0.4, 0.5) is 34.1 Å². The minimum Gasteiger partial charge on any atom is -0.744 e. The molecule has 0 aliphatic heterocycles. The molecule has 0 heterocycles. The Morgan fingerprint density at radius 1 is 0.900 bits per heavy atom. The molecule has 13 heteroatoms. The monoisotopic (exact) mass is 570 g/mol. The van der Waals surface area contributed by atoms with Gasteiger partial charge in [0.25, 0.3) is 0 Å². The number of phenolic OH excluding ortho intramolecular Hbond substituents is 1. The molecule has 4 aromatic rings. The summed E-state index contributed by atoms with van der Waals surface area (Å²) in [6.07, 6.45) is 0. The van der Waals surface area contributed by atoms with Crippen molar-refractivity contribution in [3.8, 4) is 11.5 Å². The standard InChI is InChI=1S/C27H28N6O5S.Na/c1-4-33(5-2)21-11-8-19(9-12-21)29-30-20-10-13-23(24(16-20)38-3)31-32-26-25(39(35,36)37)14-17-6-7-18(28)15-22(17)27(26)34;/h6-16,34H,4-5,28H2,1-3H3,(H,35,36,37);/q;+1/p-1. The molecule has 202 valence electrons. The summed E-state index contributed by atoms with van der Waals surface area (Å²) >= 11 is 0. The number of nitrogen functional groups attached to an aromatic ring is 1. The SMILES string of the molecule is CCN(CC)c1ccc(N=Nc2ccc(N=Nc3c(S(=O)(=O)[O-])cc4ccc(N)cc4c3O)c(OC)c2)cc1.[Na+]. The summed E-state index contributed by atoms with van der Waals surface area (Å²) in [4.78, 5) is 1.51. The van der Waals surface area contributed by atoms with E-state index in [1.165, 1.54) is 25.3 Å². The van der Waals surface area contributed by atoms with Gasteiger partial charge in [-0.3, -0.25) is 0 Å². The number of nitrogens with two attached hydrogens (primary N) is 1. The number of fused-ring (bicyclic) bond motifs is 1. The first kappa shape index (κ1) is 31.0. The van der Waals surface area contributed by atoms with E-state index in [9.17, 15) is 18.1 Å². The summed E-state index contributed by atoms with van der Waals surface area (Å²) in [6.45, 7) is 6.01. The first-order chi connectivity index (χ1) is 18.6. The van der Waals surface area contributed by atoms with Crippen LogP contribution in [0, 0.1) is 0 Å². The molecule has 0 saturated carbocycles. The fraction of sp³-hybridized carbons (Fsp3) is 0.185. The van der Waals surface area contributed by atoms with Gasteiger partial charge < -0.3 is 25.0 Å². The van der Waals surface area contributed by atoms with Crippen molar-refractivity contribution in [3.05, 3.63) is 66.7 Å². The molecule has 0 atom stereocenters. The number of azo groups is 2. The van der Waals surface area contributed by atoms with Crippen LogP contribution >= 0.6 is 0 Å². The molecule has 0 aliphatic carbocycles. The van der Waals surface area contributed by atoms with Crippen LogP contribution in [0.2, 0.25) is 0 Å². The molecule has 0 bridgehead atoms. The smallest absolute Gasteiger partial charge is 0.744 e. The summed E-state index contributed by atoms with van der Waals surface area (Å²) in [7, 11) is -3.56. The third-order valence-corrected chi connectivity index (χ3v) is 6.88. The number of hydrogen-bond acceptors (Lipinski definition) is 11. The third-order valence-electron chi connectivity index (χ3n) is 6.03. The van der Waals surface area contributed by atoms with E-state index in [1.54, 1.807) is 18.2 Å². The van der Waals surface area contributed by atoms with Gasteiger partial charge in [0.05, 0.1) is 23.4 Å². The topological polar surface area (TPSA) is 165 Å². The van der Waals surface area contributed by atoms with Crippen LogP contribution in [0.5, 0.6) is 11.5 Å². The number of nitrogens with zero attached hydrogens (tertiary/aromatic N) is 5. The maximum Gasteiger partial charge on any atom is 1.00 e. The van der Waals surface area contributed by atoms with Gasteiger partial charge in [0.1, 0.15) is 27.2 Å². The van der Waals surface area contributed by atoms with Crippen LogP contribution in [-0.4, -0.2) is 38.3 Å². The number of ether oxygens (including phenoxy) is 1. The minimum atomic E-state index is -4.99. The Balaban J connectivity index is 0.00000441. The first-order valence-electron chi connectivity index (χ1n) is 12.0. The van der Waals surface area contributed by atoms with Gasteiger partial charge >= 0.3 is 29.6 Å². The van der Waals surface area contributed by atoms with Crippen LogP contribution < -0.4 is 44.9 Å². The van der Waals surface area contributed by atoms with E-state index < -0.39 is 26.5 Å². The van der Waals surface area contributed by atoms with Crippen LogP contribution in [0.1, 0.15) is 13.8 Å². The molecular formula is C27H27N6NaO5S. The number of phenols is 1.